The zero-order valence-corrected chi connectivity index (χ0v) is 14.9. The number of rotatable bonds is 3. The Morgan fingerprint density at radius 1 is 1.43 bits per heavy atom. The monoisotopic (exact) mass is 379 g/mol. The van der Waals surface area contributed by atoms with Crippen LogP contribution in [-0.2, 0) is 26.6 Å². The normalized spacial score (nSPS) is 13.2. The van der Waals surface area contributed by atoms with E-state index in [1.54, 1.807) is 20.2 Å². The lowest BCUT2D eigenvalue weighted by molar-refractivity contribution is 0.0777. The molecule has 0 fully saturated rings. The maximum atomic E-state index is 12.6. The Kier molecular flexibility index (Phi) is 4.09. The Hall–Kier alpha value is -1.96. The SMILES string of the molecule is Cc1c(Br)cc(C(=O)N(C)Cc2nnc3n2CCC3)c(=O)n1C. The Morgan fingerprint density at radius 3 is 2.91 bits per heavy atom. The average Bonchev–Trinajstić information content (AvgIpc) is 3.13. The number of hydrogen-bond acceptors (Lipinski definition) is 4. The molecule has 0 atom stereocenters. The number of aromatic nitrogens is 4. The number of nitrogens with zero attached hydrogens (tertiary/aromatic N) is 5. The van der Waals surface area contributed by atoms with E-state index in [9.17, 15) is 9.59 Å². The molecular formula is C15H18BrN5O2. The minimum absolute atomic E-state index is 0.147. The third-order valence-corrected chi connectivity index (χ3v) is 5.10. The van der Waals surface area contributed by atoms with E-state index < -0.39 is 0 Å². The maximum Gasteiger partial charge on any atom is 0.263 e. The van der Waals surface area contributed by atoms with Crippen molar-refractivity contribution in [1.29, 1.82) is 0 Å². The van der Waals surface area contributed by atoms with E-state index in [0.717, 1.165) is 41.2 Å². The van der Waals surface area contributed by atoms with E-state index in [1.807, 2.05) is 11.5 Å². The van der Waals surface area contributed by atoms with Gasteiger partial charge >= 0.3 is 0 Å². The molecule has 0 aliphatic carbocycles. The lowest BCUT2D eigenvalue weighted by atomic mass is 10.2. The number of aryl methyl sites for hydroxylation is 1. The molecule has 8 heteroatoms. The molecule has 3 rings (SSSR count). The van der Waals surface area contributed by atoms with Crippen molar-refractivity contribution in [2.45, 2.75) is 32.9 Å². The molecule has 0 N–H and O–H groups in total. The first-order valence-corrected chi connectivity index (χ1v) is 8.22. The molecule has 0 saturated heterocycles. The van der Waals surface area contributed by atoms with Gasteiger partial charge in [-0.3, -0.25) is 9.59 Å². The molecule has 122 valence electrons. The molecule has 0 unspecified atom stereocenters. The van der Waals surface area contributed by atoms with Crippen molar-refractivity contribution in [3.63, 3.8) is 0 Å². The summed E-state index contributed by atoms with van der Waals surface area (Å²) >= 11 is 3.39. The van der Waals surface area contributed by atoms with Gasteiger partial charge in [0, 0.05) is 37.2 Å². The number of halogens is 1. The Balaban J connectivity index is 1.87. The Morgan fingerprint density at radius 2 is 2.17 bits per heavy atom. The van der Waals surface area contributed by atoms with Gasteiger partial charge < -0.3 is 14.0 Å². The summed E-state index contributed by atoms with van der Waals surface area (Å²) in [7, 11) is 3.33. The maximum absolute atomic E-state index is 12.6. The van der Waals surface area contributed by atoms with Crippen LogP contribution in [0.15, 0.2) is 15.3 Å². The molecule has 0 spiro atoms. The molecular weight excluding hydrogens is 362 g/mol. The summed E-state index contributed by atoms with van der Waals surface area (Å²) in [6.45, 7) is 3.04. The van der Waals surface area contributed by atoms with Gasteiger partial charge in [-0.05, 0) is 35.3 Å². The first kappa shape index (κ1) is 15.9. The van der Waals surface area contributed by atoms with Gasteiger partial charge in [-0.25, -0.2) is 0 Å². The third kappa shape index (κ3) is 2.71. The van der Waals surface area contributed by atoms with E-state index in [-0.39, 0.29) is 17.0 Å². The van der Waals surface area contributed by atoms with Crippen LogP contribution in [0.25, 0.3) is 0 Å². The first-order chi connectivity index (χ1) is 10.9. The molecule has 2 aromatic heterocycles. The lowest BCUT2D eigenvalue weighted by Crippen LogP contribution is -2.34. The largest absolute Gasteiger partial charge is 0.334 e. The zero-order chi connectivity index (χ0) is 16.7. The Bertz CT molecular complexity index is 839. The smallest absolute Gasteiger partial charge is 0.263 e. The summed E-state index contributed by atoms with van der Waals surface area (Å²) in [4.78, 5) is 26.5. The van der Waals surface area contributed by atoms with Crippen LogP contribution in [-0.4, -0.2) is 37.2 Å². The highest BCUT2D eigenvalue weighted by Gasteiger charge is 2.22. The van der Waals surface area contributed by atoms with Crippen molar-refractivity contribution >= 4 is 21.8 Å². The third-order valence-electron chi connectivity index (χ3n) is 4.30. The molecule has 0 aromatic carbocycles. The van der Waals surface area contributed by atoms with Crippen LogP contribution in [0.2, 0.25) is 0 Å². The molecule has 0 saturated carbocycles. The molecule has 1 amide bonds. The van der Waals surface area contributed by atoms with Crippen molar-refractivity contribution < 1.29 is 4.79 Å². The van der Waals surface area contributed by atoms with Gasteiger partial charge in [0.15, 0.2) is 5.82 Å². The quantitative estimate of drug-likeness (QED) is 0.804. The van der Waals surface area contributed by atoms with Gasteiger partial charge in [0.05, 0.1) is 6.54 Å². The van der Waals surface area contributed by atoms with Crippen molar-refractivity contribution in [2.24, 2.45) is 7.05 Å². The molecule has 0 bridgehead atoms. The van der Waals surface area contributed by atoms with Crippen LogP contribution in [0, 0.1) is 6.92 Å². The fourth-order valence-corrected chi connectivity index (χ4v) is 3.25. The van der Waals surface area contributed by atoms with Crippen LogP contribution < -0.4 is 5.56 Å². The molecule has 2 aromatic rings. The lowest BCUT2D eigenvalue weighted by Gasteiger charge is -2.18. The fraction of sp³-hybridized carbons (Fsp3) is 0.467. The second-order valence-electron chi connectivity index (χ2n) is 5.80. The van der Waals surface area contributed by atoms with E-state index in [0.29, 0.717) is 6.54 Å². The molecule has 7 nitrogen and oxygen atoms in total. The second-order valence-corrected chi connectivity index (χ2v) is 6.66. The number of amides is 1. The predicted octanol–water partition coefficient (Wildman–Crippen LogP) is 1.27. The van der Waals surface area contributed by atoms with E-state index in [2.05, 4.69) is 26.1 Å². The van der Waals surface area contributed by atoms with Gasteiger partial charge in [0.25, 0.3) is 11.5 Å². The average molecular weight is 380 g/mol. The number of hydrogen-bond donors (Lipinski definition) is 0. The van der Waals surface area contributed by atoms with E-state index in [1.165, 1.54) is 9.47 Å². The van der Waals surface area contributed by atoms with Crippen molar-refractivity contribution in [2.75, 3.05) is 7.05 Å². The van der Waals surface area contributed by atoms with Crippen molar-refractivity contribution in [3.8, 4) is 0 Å². The topological polar surface area (TPSA) is 73.0 Å². The van der Waals surface area contributed by atoms with Crippen molar-refractivity contribution in [3.05, 3.63) is 43.8 Å². The number of pyridine rings is 1. The standard InChI is InChI=1S/C15H18BrN5O2/c1-9-11(16)7-10(15(23)20(9)3)14(22)19(2)8-13-18-17-12-5-4-6-21(12)13/h7H,4-6,8H2,1-3H3. The van der Waals surface area contributed by atoms with Gasteiger partial charge in [-0.15, -0.1) is 10.2 Å². The molecule has 3 heterocycles. The van der Waals surface area contributed by atoms with Gasteiger partial charge in [0.2, 0.25) is 0 Å². The van der Waals surface area contributed by atoms with Gasteiger partial charge in [0.1, 0.15) is 11.4 Å². The highest BCUT2D eigenvalue weighted by molar-refractivity contribution is 9.10. The van der Waals surface area contributed by atoms with Crippen LogP contribution in [0.4, 0.5) is 0 Å². The van der Waals surface area contributed by atoms with Gasteiger partial charge in [-0.2, -0.15) is 0 Å². The summed E-state index contributed by atoms with van der Waals surface area (Å²) in [5, 5.41) is 8.29. The van der Waals surface area contributed by atoms with Crippen LogP contribution in [0.3, 0.4) is 0 Å². The van der Waals surface area contributed by atoms with E-state index >= 15 is 0 Å². The molecule has 1 aliphatic heterocycles. The zero-order valence-electron chi connectivity index (χ0n) is 13.3. The summed E-state index contributed by atoms with van der Waals surface area (Å²) in [6.07, 6.45) is 1.98. The van der Waals surface area contributed by atoms with Crippen LogP contribution in [0.1, 0.15) is 34.1 Å². The summed E-state index contributed by atoms with van der Waals surface area (Å²) in [6, 6.07) is 1.59. The number of carbonyl (C=O) groups excluding carboxylic acids is 1. The van der Waals surface area contributed by atoms with Crippen molar-refractivity contribution in [1.82, 2.24) is 24.2 Å². The number of fused-ring (bicyclic) bond motifs is 1. The van der Waals surface area contributed by atoms with Crippen LogP contribution in [0.5, 0.6) is 0 Å². The summed E-state index contributed by atoms with van der Waals surface area (Å²) < 4.78 is 4.26. The second kappa shape index (κ2) is 5.92. The van der Waals surface area contributed by atoms with E-state index in [4.69, 9.17) is 0 Å². The summed E-state index contributed by atoms with van der Waals surface area (Å²) in [5.41, 5.74) is 0.632. The van der Waals surface area contributed by atoms with Gasteiger partial charge in [-0.1, -0.05) is 0 Å². The molecule has 1 aliphatic rings. The minimum atomic E-state index is -0.318. The predicted molar refractivity (Wildman–Crippen MR) is 88.3 cm³/mol. The Labute approximate surface area is 142 Å². The number of carbonyl (C=O) groups is 1. The fourth-order valence-electron chi connectivity index (χ4n) is 2.76. The highest BCUT2D eigenvalue weighted by Crippen LogP contribution is 2.17. The molecule has 0 radical (unpaired) electrons. The first-order valence-electron chi connectivity index (χ1n) is 7.42. The van der Waals surface area contributed by atoms with Crippen LogP contribution >= 0.6 is 15.9 Å². The molecule has 23 heavy (non-hydrogen) atoms. The highest BCUT2D eigenvalue weighted by atomic mass is 79.9. The summed E-state index contributed by atoms with van der Waals surface area (Å²) in [5.74, 6) is 1.41. The minimum Gasteiger partial charge on any atom is -0.334 e.